The zero-order valence-corrected chi connectivity index (χ0v) is 6.92. The molecule has 1 amide bonds. The van der Waals surface area contributed by atoms with E-state index in [1.807, 2.05) is 0 Å². The molecule has 1 aliphatic heterocycles. The maximum atomic E-state index is 10.7. The van der Waals surface area contributed by atoms with Gasteiger partial charge in [0.05, 0.1) is 0 Å². The van der Waals surface area contributed by atoms with Gasteiger partial charge in [0.2, 0.25) is 5.91 Å². The lowest BCUT2D eigenvalue weighted by atomic mass is 9.96. The summed E-state index contributed by atoms with van der Waals surface area (Å²) in [5, 5.41) is 7.15. The number of carbonyl (C=O) groups is 1. The second-order valence-electron chi connectivity index (χ2n) is 3.05. The fourth-order valence-electron chi connectivity index (χ4n) is 1.40. The molecule has 0 radical (unpaired) electrons. The average molecular weight is 170 g/mol. The number of rotatable bonds is 1. The van der Waals surface area contributed by atoms with Gasteiger partial charge >= 0.3 is 0 Å². The Bertz CT molecular complexity index is 174. The van der Waals surface area contributed by atoms with Gasteiger partial charge in [-0.05, 0) is 12.8 Å². The van der Waals surface area contributed by atoms with Crippen LogP contribution in [0, 0.1) is 11.3 Å². The highest BCUT2D eigenvalue weighted by Crippen LogP contribution is 2.15. The van der Waals surface area contributed by atoms with Crippen LogP contribution in [-0.2, 0) is 4.79 Å². The lowest BCUT2D eigenvalue weighted by molar-refractivity contribution is -0.122. The van der Waals surface area contributed by atoms with Crippen LogP contribution >= 0.6 is 0 Å². The molecule has 0 spiro atoms. The van der Waals surface area contributed by atoms with E-state index in [-0.39, 0.29) is 17.8 Å². The molecule has 0 bridgehead atoms. The number of hydrogen-bond acceptors (Lipinski definition) is 2. The first kappa shape index (κ1) is 8.83. The molecule has 1 heterocycles. The lowest BCUT2D eigenvalue weighted by Crippen LogP contribution is -2.44. The third-order valence-corrected chi connectivity index (χ3v) is 2.24. The molecule has 0 atom stereocenters. The SMILES string of the molecule is N=C(N)N1CCC(C(N)=O)CC1. The smallest absolute Gasteiger partial charge is 0.220 e. The number of likely N-dealkylation sites (tertiary alicyclic amines) is 1. The summed E-state index contributed by atoms with van der Waals surface area (Å²) in [6.07, 6.45) is 1.43. The summed E-state index contributed by atoms with van der Waals surface area (Å²) in [7, 11) is 0. The quantitative estimate of drug-likeness (QED) is 0.350. The predicted octanol–water partition coefficient (Wildman–Crippen LogP) is -0.923. The van der Waals surface area contributed by atoms with E-state index in [0.29, 0.717) is 13.1 Å². The lowest BCUT2D eigenvalue weighted by Gasteiger charge is -2.30. The summed E-state index contributed by atoms with van der Waals surface area (Å²) in [6.45, 7) is 1.34. The Hall–Kier alpha value is -1.26. The van der Waals surface area contributed by atoms with Crippen LogP contribution < -0.4 is 11.5 Å². The Morgan fingerprint density at radius 3 is 2.17 bits per heavy atom. The first-order valence-corrected chi connectivity index (χ1v) is 3.99. The van der Waals surface area contributed by atoms with Crippen LogP contribution in [0.1, 0.15) is 12.8 Å². The molecule has 0 unspecified atom stereocenters. The second-order valence-corrected chi connectivity index (χ2v) is 3.05. The van der Waals surface area contributed by atoms with Crippen molar-refractivity contribution in [3.05, 3.63) is 0 Å². The van der Waals surface area contributed by atoms with E-state index >= 15 is 0 Å². The molecule has 0 saturated carbocycles. The summed E-state index contributed by atoms with van der Waals surface area (Å²) in [5.41, 5.74) is 10.4. The van der Waals surface area contributed by atoms with E-state index in [4.69, 9.17) is 16.9 Å². The van der Waals surface area contributed by atoms with Crippen molar-refractivity contribution in [2.45, 2.75) is 12.8 Å². The predicted molar refractivity (Wildman–Crippen MR) is 45.4 cm³/mol. The van der Waals surface area contributed by atoms with Gasteiger partial charge in [-0.25, -0.2) is 0 Å². The van der Waals surface area contributed by atoms with Crippen molar-refractivity contribution in [3.63, 3.8) is 0 Å². The Morgan fingerprint density at radius 1 is 1.33 bits per heavy atom. The van der Waals surface area contributed by atoms with Crippen LogP contribution in [0.4, 0.5) is 0 Å². The Balaban J connectivity index is 2.39. The molecule has 1 rings (SSSR count). The molecule has 1 fully saturated rings. The van der Waals surface area contributed by atoms with E-state index in [1.54, 1.807) is 4.90 Å². The van der Waals surface area contributed by atoms with Gasteiger partial charge in [-0.2, -0.15) is 0 Å². The number of amides is 1. The van der Waals surface area contributed by atoms with Crippen LogP contribution in [0.25, 0.3) is 0 Å². The number of hydrogen-bond donors (Lipinski definition) is 3. The fourth-order valence-corrected chi connectivity index (χ4v) is 1.40. The molecule has 12 heavy (non-hydrogen) atoms. The van der Waals surface area contributed by atoms with E-state index in [1.165, 1.54) is 0 Å². The van der Waals surface area contributed by atoms with Gasteiger partial charge in [0.15, 0.2) is 5.96 Å². The number of nitrogens with one attached hydrogen (secondary N) is 1. The molecular formula is C7H14N4O. The van der Waals surface area contributed by atoms with Gasteiger partial charge in [0.1, 0.15) is 0 Å². The second kappa shape index (κ2) is 3.42. The van der Waals surface area contributed by atoms with Crippen LogP contribution in [0.5, 0.6) is 0 Å². The summed E-state index contributed by atoms with van der Waals surface area (Å²) < 4.78 is 0. The maximum absolute atomic E-state index is 10.7. The monoisotopic (exact) mass is 170 g/mol. The van der Waals surface area contributed by atoms with Crippen molar-refractivity contribution in [1.82, 2.24) is 4.90 Å². The van der Waals surface area contributed by atoms with Gasteiger partial charge in [0, 0.05) is 19.0 Å². The largest absolute Gasteiger partial charge is 0.370 e. The summed E-state index contributed by atoms with van der Waals surface area (Å²) >= 11 is 0. The molecule has 5 nitrogen and oxygen atoms in total. The first-order valence-electron chi connectivity index (χ1n) is 3.99. The standard InChI is InChI=1S/C7H14N4O/c8-6(12)5-1-3-11(4-2-5)7(9)10/h5H,1-4H2,(H2,8,12)(H3,9,10). The highest BCUT2D eigenvalue weighted by atomic mass is 16.1. The number of primary amides is 1. The van der Waals surface area contributed by atoms with Crippen molar-refractivity contribution < 1.29 is 4.79 Å². The number of carbonyl (C=O) groups excluding carboxylic acids is 1. The van der Waals surface area contributed by atoms with Gasteiger partial charge in [-0.15, -0.1) is 0 Å². The summed E-state index contributed by atoms with van der Waals surface area (Å²) in [5.74, 6) is -0.184. The van der Waals surface area contributed by atoms with Crippen LogP contribution in [0.2, 0.25) is 0 Å². The molecule has 68 valence electrons. The number of nitrogens with two attached hydrogens (primary N) is 2. The minimum Gasteiger partial charge on any atom is -0.370 e. The van der Waals surface area contributed by atoms with Crippen molar-refractivity contribution in [2.24, 2.45) is 17.4 Å². The molecule has 1 saturated heterocycles. The number of nitrogens with zero attached hydrogens (tertiary/aromatic N) is 1. The van der Waals surface area contributed by atoms with Crippen LogP contribution in [-0.4, -0.2) is 29.9 Å². The molecule has 0 aromatic rings. The third kappa shape index (κ3) is 1.87. The normalized spacial score (nSPS) is 19.2. The van der Waals surface area contributed by atoms with Crippen molar-refractivity contribution >= 4 is 11.9 Å². The van der Waals surface area contributed by atoms with Crippen molar-refractivity contribution in [3.8, 4) is 0 Å². The minimum atomic E-state index is -0.238. The molecular weight excluding hydrogens is 156 g/mol. The zero-order chi connectivity index (χ0) is 9.14. The van der Waals surface area contributed by atoms with Gasteiger partial charge in [-0.1, -0.05) is 0 Å². The van der Waals surface area contributed by atoms with E-state index in [2.05, 4.69) is 0 Å². The third-order valence-electron chi connectivity index (χ3n) is 2.24. The van der Waals surface area contributed by atoms with Crippen LogP contribution in [0.3, 0.4) is 0 Å². The van der Waals surface area contributed by atoms with Crippen molar-refractivity contribution in [2.75, 3.05) is 13.1 Å². The highest BCUT2D eigenvalue weighted by molar-refractivity contribution is 5.78. The molecule has 5 heteroatoms. The fraction of sp³-hybridized carbons (Fsp3) is 0.714. The summed E-state index contributed by atoms with van der Waals surface area (Å²) in [6, 6.07) is 0. The molecule has 0 aliphatic carbocycles. The minimum absolute atomic E-state index is 0.0272. The summed E-state index contributed by atoms with van der Waals surface area (Å²) in [4.78, 5) is 12.5. The maximum Gasteiger partial charge on any atom is 0.220 e. The van der Waals surface area contributed by atoms with Gasteiger partial charge in [0.25, 0.3) is 0 Å². The molecule has 1 aliphatic rings. The average Bonchev–Trinajstić information content (AvgIpc) is 2.04. The zero-order valence-electron chi connectivity index (χ0n) is 6.92. The van der Waals surface area contributed by atoms with Crippen LogP contribution in [0.15, 0.2) is 0 Å². The van der Waals surface area contributed by atoms with Gasteiger partial charge < -0.3 is 16.4 Å². The number of piperidine rings is 1. The van der Waals surface area contributed by atoms with Gasteiger partial charge in [-0.3, -0.25) is 10.2 Å². The van der Waals surface area contributed by atoms with E-state index in [9.17, 15) is 4.79 Å². The Labute approximate surface area is 71.2 Å². The Kier molecular flexibility index (Phi) is 2.52. The molecule has 0 aromatic carbocycles. The Morgan fingerprint density at radius 2 is 1.83 bits per heavy atom. The number of guanidine groups is 1. The molecule has 0 aromatic heterocycles. The van der Waals surface area contributed by atoms with Crippen molar-refractivity contribution in [1.29, 1.82) is 5.41 Å². The topological polar surface area (TPSA) is 96.2 Å². The molecule has 5 N–H and O–H groups in total. The first-order chi connectivity index (χ1) is 5.61. The van der Waals surface area contributed by atoms with E-state index in [0.717, 1.165) is 12.8 Å². The van der Waals surface area contributed by atoms with E-state index < -0.39 is 0 Å². The highest BCUT2D eigenvalue weighted by Gasteiger charge is 2.23.